The van der Waals surface area contributed by atoms with Crippen LogP contribution in [0.15, 0.2) is 0 Å². The van der Waals surface area contributed by atoms with Crippen LogP contribution in [0.25, 0.3) is 0 Å². The van der Waals surface area contributed by atoms with Gasteiger partial charge in [-0.05, 0) is 12.8 Å². The normalized spacial score (nSPS) is 22.9. The monoisotopic (exact) mass is 225 g/mol. The molecule has 0 saturated carbocycles. The van der Waals surface area contributed by atoms with Crippen molar-refractivity contribution in [2.24, 2.45) is 0 Å². The zero-order chi connectivity index (χ0) is 11.5. The van der Waals surface area contributed by atoms with Crippen molar-refractivity contribution in [1.29, 1.82) is 0 Å². The van der Waals surface area contributed by atoms with Crippen LogP contribution in [0.1, 0.15) is 12.8 Å². The largest absolute Gasteiger partial charge is 0.471 e. The smallest absolute Gasteiger partial charge is 0.336 e. The Morgan fingerprint density at radius 1 is 1.47 bits per heavy atom. The molecule has 1 atom stereocenters. The average Bonchev–Trinajstić information content (AvgIpc) is 2.30. The molecule has 1 aliphatic rings. The first-order chi connectivity index (χ1) is 6.91. The lowest BCUT2D eigenvalue weighted by molar-refractivity contribution is -0.174. The van der Waals surface area contributed by atoms with Gasteiger partial charge in [0.2, 0.25) is 0 Å². The minimum Gasteiger partial charge on any atom is -0.336 e. The van der Waals surface area contributed by atoms with Crippen LogP contribution in [0.2, 0.25) is 0 Å². The van der Waals surface area contributed by atoms with E-state index in [0.717, 1.165) is 0 Å². The molecule has 0 aromatic rings. The van der Waals surface area contributed by atoms with Crippen molar-refractivity contribution in [1.82, 2.24) is 16.2 Å². The maximum atomic E-state index is 11.9. The van der Waals surface area contributed by atoms with Crippen molar-refractivity contribution in [3.8, 4) is 0 Å². The van der Waals surface area contributed by atoms with E-state index in [0.29, 0.717) is 13.0 Å². The first kappa shape index (κ1) is 11.8. The van der Waals surface area contributed by atoms with E-state index in [9.17, 15) is 22.8 Å². The molecule has 0 aromatic heterocycles. The number of hydrazine groups is 1. The van der Waals surface area contributed by atoms with Crippen LogP contribution < -0.4 is 16.2 Å². The zero-order valence-electron chi connectivity index (χ0n) is 7.65. The highest BCUT2D eigenvalue weighted by molar-refractivity contribution is 5.89. The summed E-state index contributed by atoms with van der Waals surface area (Å²) in [4.78, 5) is 21.7. The fourth-order valence-corrected chi connectivity index (χ4v) is 1.14. The average molecular weight is 225 g/mol. The highest BCUT2D eigenvalue weighted by Gasteiger charge is 2.40. The number of carbonyl (C=O) groups is 2. The van der Waals surface area contributed by atoms with E-state index in [2.05, 4.69) is 10.9 Å². The van der Waals surface area contributed by atoms with E-state index in [1.807, 2.05) is 0 Å². The van der Waals surface area contributed by atoms with Crippen LogP contribution in [0.5, 0.6) is 0 Å². The van der Waals surface area contributed by atoms with Gasteiger partial charge in [-0.3, -0.25) is 15.0 Å². The van der Waals surface area contributed by atoms with Gasteiger partial charge in [-0.1, -0.05) is 0 Å². The number of hydrogen-bond donors (Lipinski definition) is 3. The van der Waals surface area contributed by atoms with Gasteiger partial charge in [0.1, 0.15) is 6.04 Å². The maximum absolute atomic E-state index is 11.9. The Bertz CT molecular complexity index is 267. The number of nitrogens with one attached hydrogen (secondary N) is 3. The van der Waals surface area contributed by atoms with Crippen molar-refractivity contribution in [3.05, 3.63) is 0 Å². The van der Waals surface area contributed by atoms with Gasteiger partial charge in [-0.15, -0.1) is 0 Å². The second-order valence-corrected chi connectivity index (χ2v) is 3.08. The minimum atomic E-state index is -4.96. The molecule has 2 amide bonds. The molecule has 5 nitrogen and oxygen atoms in total. The molecule has 0 aromatic carbocycles. The van der Waals surface area contributed by atoms with Gasteiger partial charge in [0.05, 0.1) is 0 Å². The van der Waals surface area contributed by atoms with E-state index < -0.39 is 24.0 Å². The molecule has 3 N–H and O–H groups in total. The standard InChI is InChI=1S/C7H10F3N3O2/c8-7(9,10)6(15)12-4-2-1-3-11-13-5(4)14/h4,11H,1-3H2,(H,12,15)(H,13,14)/t4-/m0/s1. The molecule has 0 aliphatic carbocycles. The van der Waals surface area contributed by atoms with Gasteiger partial charge in [0.15, 0.2) is 0 Å². The predicted octanol–water partition coefficient (Wildman–Crippen LogP) is -0.552. The molecule has 0 unspecified atom stereocenters. The van der Waals surface area contributed by atoms with Gasteiger partial charge >= 0.3 is 12.1 Å². The van der Waals surface area contributed by atoms with E-state index in [4.69, 9.17) is 0 Å². The number of carbonyl (C=O) groups excluding carboxylic acids is 2. The Kier molecular flexibility index (Phi) is 3.51. The van der Waals surface area contributed by atoms with Crippen LogP contribution in [-0.2, 0) is 9.59 Å². The summed E-state index contributed by atoms with van der Waals surface area (Å²) in [6, 6.07) is -1.13. The highest BCUT2D eigenvalue weighted by atomic mass is 19.4. The molecule has 1 heterocycles. The number of amides is 2. The van der Waals surface area contributed by atoms with Crippen LogP contribution in [-0.4, -0.2) is 30.6 Å². The molecule has 86 valence electrons. The lowest BCUT2D eigenvalue weighted by Gasteiger charge is -2.15. The van der Waals surface area contributed by atoms with Crippen molar-refractivity contribution < 1.29 is 22.8 Å². The summed E-state index contributed by atoms with van der Waals surface area (Å²) in [6.45, 7) is 0.462. The van der Waals surface area contributed by atoms with E-state index in [1.54, 1.807) is 5.32 Å². The third-order valence-electron chi connectivity index (χ3n) is 1.89. The minimum absolute atomic E-state index is 0.181. The van der Waals surface area contributed by atoms with Crippen LogP contribution >= 0.6 is 0 Å². The van der Waals surface area contributed by atoms with Crippen molar-refractivity contribution in [2.75, 3.05) is 6.54 Å². The first-order valence-electron chi connectivity index (χ1n) is 4.31. The third kappa shape index (κ3) is 3.39. The molecular formula is C7H10F3N3O2. The predicted molar refractivity (Wildman–Crippen MR) is 43.4 cm³/mol. The summed E-state index contributed by atoms with van der Waals surface area (Å²) in [5.41, 5.74) is 4.69. The fraction of sp³-hybridized carbons (Fsp3) is 0.714. The number of alkyl halides is 3. The van der Waals surface area contributed by atoms with Gasteiger partial charge in [-0.25, -0.2) is 5.43 Å². The molecule has 1 saturated heterocycles. The molecule has 0 radical (unpaired) electrons. The molecule has 0 bridgehead atoms. The summed E-state index contributed by atoms with van der Waals surface area (Å²) < 4.78 is 35.6. The molecule has 1 aliphatic heterocycles. The Balaban J connectivity index is 2.56. The summed E-state index contributed by atoms with van der Waals surface area (Å²) >= 11 is 0. The maximum Gasteiger partial charge on any atom is 0.471 e. The molecule has 1 fully saturated rings. The van der Waals surface area contributed by atoms with Crippen molar-refractivity contribution in [3.63, 3.8) is 0 Å². The lowest BCUT2D eigenvalue weighted by atomic mass is 10.1. The molecular weight excluding hydrogens is 215 g/mol. The number of rotatable bonds is 1. The van der Waals surface area contributed by atoms with Gasteiger partial charge in [0, 0.05) is 6.54 Å². The summed E-state index contributed by atoms with van der Waals surface area (Å²) in [5.74, 6) is -2.75. The lowest BCUT2D eigenvalue weighted by Crippen LogP contribution is -2.51. The van der Waals surface area contributed by atoms with Gasteiger partial charge < -0.3 is 5.32 Å². The van der Waals surface area contributed by atoms with Gasteiger partial charge in [0.25, 0.3) is 5.91 Å². The Morgan fingerprint density at radius 2 is 2.13 bits per heavy atom. The quantitative estimate of drug-likeness (QED) is 0.560. The van der Waals surface area contributed by atoms with Crippen molar-refractivity contribution >= 4 is 11.8 Å². The Labute approximate surface area is 83.4 Å². The van der Waals surface area contributed by atoms with E-state index >= 15 is 0 Å². The van der Waals surface area contributed by atoms with E-state index in [1.165, 1.54) is 0 Å². The number of hydrogen-bond acceptors (Lipinski definition) is 3. The first-order valence-corrected chi connectivity index (χ1v) is 4.31. The third-order valence-corrected chi connectivity index (χ3v) is 1.89. The summed E-state index contributed by atoms with van der Waals surface area (Å²) in [6.07, 6.45) is -4.28. The summed E-state index contributed by atoms with van der Waals surface area (Å²) in [7, 11) is 0. The van der Waals surface area contributed by atoms with E-state index in [-0.39, 0.29) is 6.42 Å². The number of halogens is 3. The second-order valence-electron chi connectivity index (χ2n) is 3.08. The van der Waals surface area contributed by atoms with Crippen LogP contribution in [0, 0.1) is 0 Å². The Hall–Kier alpha value is -1.31. The molecule has 8 heteroatoms. The second kappa shape index (κ2) is 4.47. The Morgan fingerprint density at radius 3 is 2.73 bits per heavy atom. The topological polar surface area (TPSA) is 70.2 Å². The van der Waals surface area contributed by atoms with Crippen LogP contribution in [0.4, 0.5) is 13.2 Å². The zero-order valence-corrected chi connectivity index (χ0v) is 7.65. The molecule has 15 heavy (non-hydrogen) atoms. The fourth-order valence-electron chi connectivity index (χ4n) is 1.14. The molecule has 1 rings (SSSR count). The molecule has 0 spiro atoms. The highest BCUT2D eigenvalue weighted by Crippen LogP contribution is 2.15. The van der Waals surface area contributed by atoms with Crippen LogP contribution in [0.3, 0.4) is 0 Å². The SMILES string of the molecule is O=C1NNCCC[C@@H]1NC(=O)C(F)(F)F. The van der Waals surface area contributed by atoms with Gasteiger partial charge in [-0.2, -0.15) is 13.2 Å². The van der Waals surface area contributed by atoms with Crippen molar-refractivity contribution in [2.45, 2.75) is 25.1 Å². The summed E-state index contributed by atoms with van der Waals surface area (Å²) in [5, 5.41) is 1.63.